The number of hydrogen-bond acceptors (Lipinski definition) is 4. The van der Waals surface area contributed by atoms with E-state index in [-0.39, 0.29) is 17.9 Å². The van der Waals surface area contributed by atoms with Gasteiger partial charge >= 0.3 is 0 Å². The van der Waals surface area contributed by atoms with Gasteiger partial charge in [-0.25, -0.2) is 4.98 Å². The van der Waals surface area contributed by atoms with E-state index in [2.05, 4.69) is 41.5 Å². The average Bonchev–Trinajstić information content (AvgIpc) is 3.31. The van der Waals surface area contributed by atoms with E-state index in [1.165, 1.54) is 16.9 Å². The number of aryl methyl sites for hydroxylation is 2. The molecule has 1 atom stereocenters. The number of carbonyl (C=O) groups excluding carboxylic acids is 2. The van der Waals surface area contributed by atoms with Crippen molar-refractivity contribution >= 4 is 28.3 Å². The predicted molar refractivity (Wildman–Crippen MR) is 99.6 cm³/mol. The summed E-state index contributed by atoms with van der Waals surface area (Å²) >= 11 is 1.38. The number of benzene rings is 1. The molecule has 1 aromatic carbocycles. The average molecular weight is 357 g/mol. The third kappa shape index (κ3) is 4.45. The van der Waals surface area contributed by atoms with Crippen LogP contribution >= 0.6 is 11.3 Å². The number of nitrogens with zero attached hydrogens (tertiary/aromatic N) is 2. The number of carbonyl (C=O) groups is 2. The molecule has 6 heteroatoms. The van der Waals surface area contributed by atoms with Crippen molar-refractivity contribution in [3.63, 3.8) is 0 Å². The summed E-state index contributed by atoms with van der Waals surface area (Å²) in [6, 6.07) is 8.02. The molecule has 0 saturated carbocycles. The van der Waals surface area contributed by atoms with E-state index in [0.717, 1.165) is 18.4 Å². The first kappa shape index (κ1) is 17.6. The zero-order valence-electron chi connectivity index (χ0n) is 14.4. The van der Waals surface area contributed by atoms with Gasteiger partial charge < -0.3 is 10.2 Å². The van der Waals surface area contributed by atoms with Gasteiger partial charge in [0.05, 0.1) is 0 Å². The van der Waals surface area contributed by atoms with Crippen LogP contribution < -0.4 is 5.32 Å². The fraction of sp³-hybridized carbons (Fsp3) is 0.421. The number of amides is 2. The normalized spacial score (nSPS) is 16.8. The molecule has 1 saturated heterocycles. The van der Waals surface area contributed by atoms with Crippen molar-refractivity contribution < 1.29 is 9.59 Å². The van der Waals surface area contributed by atoms with Gasteiger partial charge in [0.2, 0.25) is 11.8 Å². The smallest absolute Gasteiger partial charge is 0.248 e. The number of aromatic nitrogens is 1. The maximum Gasteiger partial charge on any atom is 0.248 e. The molecule has 1 N–H and O–H groups in total. The lowest BCUT2D eigenvalue weighted by Crippen LogP contribution is -2.43. The Morgan fingerprint density at radius 3 is 2.72 bits per heavy atom. The summed E-state index contributed by atoms with van der Waals surface area (Å²) in [5, 5.41) is 5.21. The number of hydrogen-bond donors (Lipinski definition) is 1. The van der Waals surface area contributed by atoms with E-state index < -0.39 is 0 Å². The van der Waals surface area contributed by atoms with Gasteiger partial charge in [-0.1, -0.05) is 31.2 Å². The molecule has 1 unspecified atom stereocenters. The largest absolute Gasteiger partial charge is 0.331 e. The van der Waals surface area contributed by atoms with E-state index in [0.29, 0.717) is 30.9 Å². The van der Waals surface area contributed by atoms with Crippen LogP contribution in [0.3, 0.4) is 0 Å². The first-order chi connectivity index (χ1) is 12.2. The van der Waals surface area contributed by atoms with Crippen molar-refractivity contribution in [2.75, 3.05) is 11.9 Å². The molecule has 2 aromatic rings. The Hall–Kier alpha value is -2.21. The fourth-order valence-electron chi connectivity index (χ4n) is 3.15. The first-order valence-electron chi connectivity index (χ1n) is 8.75. The van der Waals surface area contributed by atoms with Crippen LogP contribution in [0.2, 0.25) is 0 Å². The second-order valence-corrected chi connectivity index (χ2v) is 7.14. The molecule has 132 valence electrons. The Morgan fingerprint density at radius 2 is 2.04 bits per heavy atom. The molecule has 0 radical (unpaired) electrons. The van der Waals surface area contributed by atoms with Gasteiger partial charge in [-0.3, -0.25) is 9.59 Å². The zero-order chi connectivity index (χ0) is 17.6. The highest BCUT2D eigenvalue weighted by Crippen LogP contribution is 2.21. The van der Waals surface area contributed by atoms with Gasteiger partial charge in [0.25, 0.3) is 0 Å². The van der Waals surface area contributed by atoms with Gasteiger partial charge in [-0.2, -0.15) is 0 Å². The number of rotatable bonds is 6. The van der Waals surface area contributed by atoms with E-state index >= 15 is 0 Å². The molecule has 2 amide bonds. The van der Waals surface area contributed by atoms with Gasteiger partial charge in [-0.05, 0) is 36.8 Å². The molecule has 25 heavy (non-hydrogen) atoms. The molecule has 3 rings (SSSR count). The fourth-order valence-corrected chi connectivity index (χ4v) is 3.68. The maximum absolute atomic E-state index is 12.6. The highest BCUT2D eigenvalue weighted by molar-refractivity contribution is 7.13. The van der Waals surface area contributed by atoms with Crippen molar-refractivity contribution in [3.05, 3.63) is 47.0 Å². The Kier molecular flexibility index (Phi) is 5.81. The molecule has 0 bridgehead atoms. The van der Waals surface area contributed by atoms with E-state index in [1.54, 1.807) is 11.1 Å². The van der Waals surface area contributed by atoms with Crippen LogP contribution in [0.25, 0.3) is 0 Å². The Morgan fingerprint density at radius 1 is 1.28 bits per heavy atom. The van der Waals surface area contributed by atoms with Crippen molar-refractivity contribution in [2.45, 2.75) is 45.1 Å². The van der Waals surface area contributed by atoms with Gasteiger partial charge in [0, 0.05) is 24.5 Å². The minimum absolute atomic E-state index is 0.0522. The van der Waals surface area contributed by atoms with Crippen LogP contribution in [-0.4, -0.2) is 34.3 Å². The third-order valence-electron chi connectivity index (χ3n) is 4.60. The lowest BCUT2D eigenvalue weighted by Gasteiger charge is -2.23. The highest BCUT2D eigenvalue weighted by Gasteiger charge is 2.33. The summed E-state index contributed by atoms with van der Waals surface area (Å²) in [5.74, 6) is -0.0792. The number of thiazole rings is 1. The van der Waals surface area contributed by atoms with E-state index in [9.17, 15) is 9.59 Å². The van der Waals surface area contributed by atoms with Crippen molar-refractivity contribution in [1.29, 1.82) is 0 Å². The summed E-state index contributed by atoms with van der Waals surface area (Å²) in [6.45, 7) is 2.78. The molecule has 5 nitrogen and oxygen atoms in total. The number of nitrogens with one attached hydrogen (secondary N) is 1. The number of anilines is 1. The molecule has 1 aliphatic rings. The maximum atomic E-state index is 12.6. The van der Waals surface area contributed by atoms with Crippen LogP contribution in [0.4, 0.5) is 5.13 Å². The third-order valence-corrected chi connectivity index (χ3v) is 5.29. The van der Waals surface area contributed by atoms with Crippen LogP contribution in [0, 0.1) is 0 Å². The molecule has 2 heterocycles. The van der Waals surface area contributed by atoms with E-state index in [4.69, 9.17) is 0 Å². The molecule has 1 aliphatic heterocycles. The van der Waals surface area contributed by atoms with Crippen molar-refractivity contribution in [2.24, 2.45) is 0 Å². The van der Waals surface area contributed by atoms with Crippen LogP contribution in [0.5, 0.6) is 0 Å². The van der Waals surface area contributed by atoms with Crippen molar-refractivity contribution in [3.8, 4) is 0 Å². The summed E-state index contributed by atoms with van der Waals surface area (Å²) in [4.78, 5) is 30.8. The second-order valence-electron chi connectivity index (χ2n) is 6.24. The Bertz CT molecular complexity index is 713. The standard InChI is InChI=1S/C19H23N3O2S/c1-2-14-5-7-15(8-6-14)9-10-17(23)22-12-3-4-16(22)18(24)21-19-20-11-13-25-19/h5-8,11,13,16H,2-4,9-10,12H2,1H3,(H,20,21,24). The summed E-state index contributed by atoms with van der Waals surface area (Å²) in [6.07, 6.45) is 5.40. The first-order valence-corrected chi connectivity index (χ1v) is 9.63. The molecule has 1 fully saturated rings. The zero-order valence-corrected chi connectivity index (χ0v) is 15.2. The Balaban J connectivity index is 1.55. The van der Waals surface area contributed by atoms with Crippen LogP contribution in [0.1, 0.15) is 37.3 Å². The monoisotopic (exact) mass is 357 g/mol. The minimum Gasteiger partial charge on any atom is -0.331 e. The summed E-state index contributed by atoms with van der Waals surface area (Å²) < 4.78 is 0. The number of likely N-dealkylation sites (tertiary alicyclic amines) is 1. The lowest BCUT2D eigenvalue weighted by atomic mass is 10.1. The topological polar surface area (TPSA) is 62.3 Å². The molecular weight excluding hydrogens is 334 g/mol. The molecule has 0 spiro atoms. The van der Waals surface area contributed by atoms with Gasteiger partial charge in [-0.15, -0.1) is 11.3 Å². The minimum atomic E-state index is -0.376. The quantitative estimate of drug-likeness (QED) is 0.863. The second kappa shape index (κ2) is 8.25. The van der Waals surface area contributed by atoms with Crippen LogP contribution in [0.15, 0.2) is 35.8 Å². The lowest BCUT2D eigenvalue weighted by molar-refractivity contribution is -0.136. The summed E-state index contributed by atoms with van der Waals surface area (Å²) in [5.41, 5.74) is 2.46. The Labute approximate surface area is 152 Å². The highest BCUT2D eigenvalue weighted by atomic mass is 32.1. The van der Waals surface area contributed by atoms with Crippen molar-refractivity contribution in [1.82, 2.24) is 9.88 Å². The predicted octanol–water partition coefficient (Wildman–Crippen LogP) is 3.27. The molecule has 0 aliphatic carbocycles. The van der Waals surface area contributed by atoms with Crippen LogP contribution in [-0.2, 0) is 22.4 Å². The molecular formula is C19H23N3O2S. The SMILES string of the molecule is CCc1ccc(CCC(=O)N2CCCC2C(=O)Nc2nccs2)cc1. The molecule has 1 aromatic heterocycles. The van der Waals surface area contributed by atoms with Gasteiger partial charge in [0.15, 0.2) is 5.13 Å². The van der Waals surface area contributed by atoms with Gasteiger partial charge in [0.1, 0.15) is 6.04 Å². The summed E-state index contributed by atoms with van der Waals surface area (Å²) in [7, 11) is 0. The van der Waals surface area contributed by atoms with E-state index in [1.807, 2.05) is 5.38 Å².